The van der Waals surface area contributed by atoms with E-state index < -0.39 is 0 Å². The number of fused-ring (bicyclic) bond motifs is 10. The van der Waals surface area contributed by atoms with Crippen LogP contribution in [0.25, 0.3) is 111 Å². The molecule has 0 radical (unpaired) electrons. The zero-order valence-corrected chi connectivity index (χ0v) is 37.4. The van der Waals surface area contributed by atoms with Gasteiger partial charge >= 0.3 is 0 Å². The molecule has 0 saturated carbocycles. The highest BCUT2D eigenvalue weighted by molar-refractivity contribution is 6.28. The molecule has 0 aliphatic heterocycles. The molecule has 2 heterocycles. The van der Waals surface area contributed by atoms with Crippen molar-refractivity contribution in [1.29, 1.82) is 0 Å². The molecule has 4 nitrogen and oxygen atoms in total. The highest BCUT2D eigenvalue weighted by Gasteiger charge is 2.40. The summed E-state index contributed by atoms with van der Waals surface area (Å²) in [4.78, 5) is 17.7. The van der Waals surface area contributed by atoms with Crippen LogP contribution in [-0.2, 0) is 11.8 Å². The highest BCUT2D eigenvalue weighted by atomic mass is 35.5. The Hall–Kier alpha value is -8.18. The molecule has 67 heavy (non-hydrogen) atoms. The smallest absolute Gasteiger partial charge is 0.226 e. The van der Waals surface area contributed by atoms with Gasteiger partial charge in [0.1, 0.15) is 0 Å². The second-order valence-electron chi connectivity index (χ2n) is 18.0. The molecule has 1 unspecified atom stereocenters. The minimum Gasteiger partial charge on any atom is -0.354 e. The lowest BCUT2D eigenvalue weighted by Gasteiger charge is -2.28. The fourth-order valence-corrected chi connectivity index (χ4v) is 11.0. The number of halogens is 1. The molecule has 12 aromatic rings. The quantitative estimate of drug-likeness (QED) is 0.174. The van der Waals surface area contributed by atoms with Crippen LogP contribution in [0.3, 0.4) is 0 Å². The van der Waals surface area contributed by atoms with E-state index in [1.165, 1.54) is 76.8 Å². The molecular formula is C62H41ClN4. The number of nitrogens with zero attached hydrogens (tertiary/aromatic N) is 3. The fraction of sp³-hybridized carbons (Fsp3) is 0.0484. The van der Waals surface area contributed by atoms with Crippen molar-refractivity contribution < 1.29 is 0 Å². The van der Waals surface area contributed by atoms with E-state index in [2.05, 4.69) is 204 Å². The maximum absolute atomic E-state index is 6.53. The lowest BCUT2D eigenvalue weighted by atomic mass is 9.74. The highest BCUT2D eigenvalue weighted by Crippen LogP contribution is 2.54. The van der Waals surface area contributed by atoms with Crippen LogP contribution < -0.4 is 0 Å². The summed E-state index contributed by atoms with van der Waals surface area (Å²) >= 11 is 6.53. The van der Waals surface area contributed by atoms with Crippen LogP contribution >= 0.6 is 11.6 Å². The van der Waals surface area contributed by atoms with Crippen LogP contribution in [0, 0.1) is 0 Å². The predicted octanol–water partition coefficient (Wildman–Crippen LogP) is 16.3. The summed E-state index contributed by atoms with van der Waals surface area (Å²) < 4.78 is 0. The standard InChI is InChI=1S/C62H41ClN4/c1-62(37-38-11-9-16-46(35-38)41-23-27-45(28-24-41)60-65-59(66-61(63)67-60)44-25-21-40(22-26-44)39-12-3-2-4-13-39)53-33-30-42-14-5-7-17-48(42)56(53)51-32-29-47(36-54(51)62)50-19-10-20-52-57-49-18-8-6-15-43(49)31-34-55(57)64-58(50)52/h2-36,64H,37H2,1H3. The number of para-hydroxylation sites is 1. The molecule has 10 aromatic carbocycles. The predicted molar refractivity (Wildman–Crippen MR) is 278 cm³/mol. The molecule has 2 aromatic heterocycles. The first kappa shape index (κ1) is 39.2. The number of H-pyrrole nitrogens is 1. The number of aromatic amines is 1. The lowest BCUT2D eigenvalue weighted by molar-refractivity contribution is 0.583. The van der Waals surface area contributed by atoms with Crippen molar-refractivity contribution >= 4 is 55.0 Å². The lowest BCUT2D eigenvalue weighted by Crippen LogP contribution is -2.24. The number of benzene rings is 10. The Morgan fingerprint density at radius 2 is 1.01 bits per heavy atom. The Morgan fingerprint density at radius 1 is 0.433 bits per heavy atom. The molecule has 1 aliphatic rings. The summed E-state index contributed by atoms with van der Waals surface area (Å²) in [5.74, 6) is 1.08. The maximum atomic E-state index is 6.53. The zero-order valence-electron chi connectivity index (χ0n) is 36.6. The van der Waals surface area contributed by atoms with Gasteiger partial charge in [-0.25, -0.2) is 4.98 Å². The van der Waals surface area contributed by atoms with Crippen molar-refractivity contribution in [2.24, 2.45) is 0 Å². The molecule has 0 saturated heterocycles. The van der Waals surface area contributed by atoms with E-state index in [0.29, 0.717) is 11.6 Å². The Morgan fingerprint density at radius 3 is 1.78 bits per heavy atom. The van der Waals surface area contributed by atoms with Crippen molar-refractivity contribution in [2.75, 3.05) is 0 Å². The van der Waals surface area contributed by atoms with E-state index in [1.807, 2.05) is 30.3 Å². The summed E-state index contributed by atoms with van der Waals surface area (Å²) in [7, 11) is 0. The topological polar surface area (TPSA) is 54.5 Å². The number of hydrogen-bond acceptors (Lipinski definition) is 3. The Labute approximate surface area is 393 Å². The molecule has 1 N–H and O–H groups in total. The molecule has 1 atom stereocenters. The number of hydrogen-bond donors (Lipinski definition) is 1. The van der Waals surface area contributed by atoms with Gasteiger partial charge in [-0.2, -0.15) is 9.97 Å². The van der Waals surface area contributed by atoms with Crippen LogP contribution in [0.15, 0.2) is 212 Å². The van der Waals surface area contributed by atoms with E-state index in [4.69, 9.17) is 16.6 Å². The van der Waals surface area contributed by atoms with E-state index >= 15 is 0 Å². The van der Waals surface area contributed by atoms with Gasteiger partial charge in [0.2, 0.25) is 5.28 Å². The summed E-state index contributed by atoms with van der Waals surface area (Å²) in [6.07, 6.45) is 0.835. The van der Waals surface area contributed by atoms with Crippen molar-refractivity contribution in [3.05, 3.63) is 234 Å². The second kappa shape index (κ2) is 15.5. The van der Waals surface area contributed by atoms with Gasteiger partial charge in [0, 0.05) is 38.4 Å². The van der Waals surface area contributed by atoms with Gasteiger partial charge in [-0.1, -0.05) is 207 Å². The SMILES string of the molecule is CC1(Cc2cccc(-c3ccc(-c4nc(Cl)nc(-c5ccc(-c6ccccc6)cc5)n4)cc3)c2)c2cc(-c3cccc4c3[nH]c3ccc5ccccc5c34)ccc2-c2c1ccc1ccccc21. The monoisotopic (exact) mass is 876 g/mol. The van der Waals surface area contributed by atoms with Crippen LogP contribution in [0.4, 0.5) is 0 Å². The molecule has 0 bridgehead atoms. The maximum Gasteiger partial charge on any atom is 0.226 e. The zero-order chi connectivity index (χ0) is 44.6. The summed E-state index contributed by atoms with van der Waals surface area (Å²) in [6.45, 7) is 2.44. The summed E-state index contributed by atoms with van der Waals surface area (Å²) in [5.41, 5.74) is 17.4. The van der Waals surface area contributed by atoms with Crippen molar-refractivity contribution in [3.63, 3.8) is 0 Å². The van der Waals surface area contributed by atoms with Crippen LogP contribution in [0.1, 0.15) is 23.6 Å². The van der Waals surface area contributed by atoms with Gasteiger partial charge < -0.3 is 4.98 Å². The largest absolute Gasteiger partial charge is 0.354 e. The van der Waals surface area contributed by atoms with Gasteiger partial charge in [-0.05, 0) is 107 Å². The van der Waals surface area contributed by atoms with E-state index in [1.54, 1.807) is 0 Å². The van der Waals surface area contributed by atoms with Crippen LogP contribution in [0.2, 0.25) is 5.28 Å². The van der Waals surface area contributed by atoms with Gasteiger partial charge in [0.25, 0.3) is 0 Å². The van der Waals surface area contributed by atoms with Crippen molar-refractivity contribution in [3.8, 4) is 67.3 Å². The van der Waals surface area contributed by atoms with Crippen molar-refractivity contribution in [2.45, 2.75) is 18.8 Å². The Kier molecular flexibility index (Phi) is 9.06. The fourth-order valence-electron chi connectivity index (χ4n) is 10.8. The molecule has 5 heteroatoms. The van der Waals surface area contributed by atoms with Gasteiger partial charge in [0.05, 0.1) is 5.52 Å². The molecule has 316 valence electrons. The van der Waals surface area contributed by atoms with E-state index in [0.717, 1.165) is 45.3 Å². The normalized spacial score (nSPS) is 14.2. The van der Waals surface area contributed by atoms with Crippen LogP contribution in [0.5, 0.6) is 0 Å². The van der Waals surface area contributed by atoms with E-state index in [9.17, 15) is 0 Å². The first-order chi connectivity index (χ1) is 32.9. The summed E-state index contributed by atoms with van der Waals surface area (Å²) in [5, 5.41) is 7.77. The third kappa shape index (κ3) is 6.55. The summed E-state index contributed by atoms with van der Waals surface area (Å²) in [6, 6.07) is 76.6. The first-order valence-electron chi connectivity index (χ1n) is 22.8. The molecule has 1 aliphatic carbocycles. The molecule has 0 fully saturated rings. The number of nitrogens with one attached hydrogen (secondary N) is 1. The van der Waals surface area contributed by atoms with Gasteiger partial charge in [0.15, 0.2) is 11.6 Å². The average Bonchev–Trinajstić information content (AvgIpc) is 3.89. The van der Waals surface area contributed by atoms with E-state index in [-0.39, 0.29) is 10.7 Å². The van der Waals surface area contributed by atoms with Crippen LogP contribution in [-0.4, -0.2) is 19.9 Å². The Balaban J connectivity index is 0.851. The third-order valence-electron chi connectivity index (χ3n) is 14.1. The second-order valence-corrected chi connectivity index (χ2v) is 18.4. The third-order valence-corrected chi connectivity index (χ3v) is 14.2. The minimum atomic E-state index is -0.296. The van der Waals surface area contributed by atoms with Crippen molar-refractivity contribution in [1.82, 2.24) is 19.9 Å². The number of rotatable bonds is 7. The average molecular weight is 877 g/mol. The Bertz CT molecular complexity index is 3910. The molecule has 0 amide bonds. The molecule has 0 spiro atoms. The minimum absolute atomic E-state index is 0.163. The van der Waals surface area contributed by atoms with Gasteiger partial charge in [-0.3, -0.25) is 0 Å². The molecule has 13 rings (SSSR count). The molecular weight excluding hydrogens is 836 g/mol. The number of aromatic nitrogens is 4. The van der Waals surface area contributed by atoms with Gasteiger partial charge in [-0.15, -0.1) is 0 Å². The first-order valence-corrected chi connectivity index (χ1v) is 23.2.